The predicted molar refractivity (Wildman–Crippen MR) is 88.0 cm³/mol. The van der Waals surface area contributed by atoms with Gasteiger partial charge in [-0.2, -0.15) is 0 Å². The van der Waals surface area contributed by atoms with Gasteiger partial charge in [-0.1, -0.05) is 6.07 Å². The summed E-state index contributed by atoms with van der Waals surface area (Å²) in [5.74, 6) is 2.32. The number of rotatable bonds is 2. The molecule has 2 aromatic heterocycles. The summed E-state index contributed by atoms with van der Waals surface area (Å²) in [5, 5.41) is 0. The molecular formula is C17H21N3O3. The van der Waals surface area contributed by atoms with Crippen molar-refractivity contribution in [2.75, 3.05) is 31.1 Å². The molecule has 23 heavy (non-hydrogen) atoms. The summed E-state index contributed by atoms with van der Waals surface area (Å²) in [6, 6.07) is 7.05. The summed E-state index contributed by atoms with van der Waals surface area (Å²) in [4.78, 5) is 28.3. The van der Waals surface area contributed by atoms with E-state index >= 15 is 0 Å². The van der Waals surface area contributed by atoms with Crippen LogP contribution < -0.4 is 10.5 Å². The molecule has 1 aliphatic rings. The molecule has 0 spiro atoms. The molecule has 3 heterocycles. The number of aryl methyl sites for hydroxylation is 2. The van der Waals surface area contributed by atoms with E-state index in [9.17, 15) is 9.59 Å². The maximum absolute atomic E-state index is 12.6. The molecule has 1 saturated heterocycles. The number of amides is 1. The number of carbonyl (C=O) groups is 1. The Kier molecular flexibility index (Phi) is 3.98. The van der Waals surface area contributed by atoms with E-state index in [1.165, 1.54) is 0 Å². The van der Waals surface area contributed by atoms with Crippen molar-refractivity contribution in [3.05, 3.63) is 51.7 Å². The number of nitrogens with zero attached hydrogens (tertiary/aromatic N) is 3. The van der Waals surface area contributed by atoms with E-state index < -0.39 is 0 Å². The zero-order valence-electron chi connectivity index (χ0n) is 13.7. The molecule has 0 radical (unpaired) electrons. The molecule has 0 N–H and O–H groups in total. The molecule has 1 amide bonds. The van der Waals surface area contributed by atoms with E-state index in [0.29, 0.717) is 37.5 Å². The largest absolute Gasteiger partial charge is 0.466 e. The van der Waals surface area contributed by atoms with Gasteiger partial charge >= 0.3 is 0 Å². The summed E-state index contributed by atoms with van der Waals surface area (Å²) in [6.45, 7) is 6.34. The fourth-order valence-electron chi connectivity index (χ4n) is 3.02. The van der Waals surface area contributed by atoms with E-state index in [-0.39, 0.29) is 11.5 Å². The standard InChI is InChI=1S/C17H21N3O3/c1-12-11-14(13(2)23-12)17(22)20-9-7-19(8-10-20)15-5-4-6-16(21)18(15)3/h4-6,11H,7-10H2,1-3H3. The van der Waals surface area contributed by atoms with Gasteiger partial charge in [0.15, 0.2) is 0 Å². The van der Waals surface area contributed by atoms with E-state index in [1.807, 2.05) is 24.8 Å². The Labute approximate surface area is 134 Å². The zero-order valence-corrected chi connectivity index (χ0v) is 13.7. The van der Waals surface area contributed by atoms with Crippen molar-refractivity contribution in [1.29, 1.82) is 0 Å². The molecule has 6 nitrogen and oxygen atoms in total. The van der Waals surface area contributed by atoms with Gasteiger partial charge in [0.2, 0.25) is 0 Å². The van der Waals surface area contributed by atoms with Gasteiger partial charge in [-0.15, -0.1) is 0 Å². The highest BCUT2D eigenvalue weighted by Crippen LogP contribution is 2.19. The SMILES string of the molecule is Cc1cc(C(=O)N2CCN(c3cccc(=O)n3C)CC2)c(C)o1. The van der Waals surface area contributed by atoms with Crippen molar-refractivity contribution in [1.82, 2.24) is 9.47 Å². The van der Waals surface area contributed by atoms with Crippen LogP contribution in [0, 0.1) is 13.8 Å². The number of piperazine rings is 1. The van der Waals surface area contributed by atoms with Gasteiger partial charge in [0.05, 0.1) is 5.56 Å². The minimum absolute atomic E-state index is 0.0148. The van der Waals surface area contributed by atoms with Crippen molar-refractivity contribution in [2.24, 2.45) is 7.05 Å². The molecule has 0 saturated carbocycles. The van der Waals surface area contributed by atoms with E-state index in [0.717, 1.165) is 11.6 Å². The van der Waals surface area contributed by atoms with Crippen LogP contribution in [0.5, 0.6) is 0 Å². The fourth-order valence-corrected chi connectivity index (χ4v) is 3.02. The third kappa shape index (κ3) is 2.88. The van der Waals surface area contributed by atoms with Gasteiger partial charge in [0.25, 0.3) is 11.5 Å². The molecule has 0 aliphatic carbocycles. The average Bonchev–Trinajstić information content (AvgIpc) is 2.88. The number of anilines is 1. The first-order valence-electron chi connectivity index (χ1n) is 7.74. The normalized spacial score (nSPS) is 15.1. The maximum atomic E-state index is 12.6. The van der Waals surface area contributed by atoms with Gasteiger partial charge < -0.3 is 14.2 Å². The van der Waals surface area contributed by atoms with Crippen molar-refractivity contribution >= 4 is 11.7 Å². The Morgan fingerprint density at radius 1 is 1.13 bits per heavy atom. The molecule has 1 fully saturated rings. The molecule has 6 heteroatoms. The lowest BCUT2D eigenvalue weighted by atomic mass is 10.2. The van der Waals surface area contributed by atoms with Gasteiger partial charge in [0.1, 0.15) is 17.3 Å². The highest BCUT2D eigenvalue weighted by molar-refractivity contribution is 5.95. The molecule has 0 unspecified atom stereocenters. The Morgan fingerprint density at radius 3 is 2.43 bits per heavy atom. The van der Waals surface area contributed by atoms with Crippen LogP contribution in [0.15, 0.2) is 33.5 Å². The maximum Gasteiger partial charge on any atom is 0.257 e. The predicted octanol–water partition coefficient (Wildman–Crippen LogP) is 1.56. The summed E-state index contributed by atoms with van der Waals surface area (Å²) < 4.78 is 7.09. The third-order valence-corrected chi connectivity index (χ3v) is 4.32. The van der Waals surface area contributed by atoms with E-state index in [2.05, 4.69) is 4.90 Å². The summed E-state index contributed by atoms with van der Waals surface area (Å²) in [7, 11) is 1.77. The smallest absolute Gasteiger partial charge is 0.257 e. The number of furan rings is 1. The van der Waals surface area contributed by atoms with Gasteiger partial charge in [-0.3, -0.25) is 14.2 Å². The number of pyridine rings is 1. The van der Waals surface area contributed by atoms with Crippen LogP contribution in [-0.4, -0.2) is 41.6 Å². The van der Waals surface area contributed by atoms with Gasteiger partial charge in [0, 0.05) is 39.3 Å². The molecule has 122 valence electrons. The molecule has 3 rings (SSSR count). The molecule has 1 aliphatic heterocycles. The zero-order chi connectivity index (χ0) is 16.6. The van der Waals surface area contributed by atoms with Crippen LogP contribution in [0.2, 0.25) is 0 Å². The summed E-state index contributed by atoms with van der Waals surface area (Å²) >= 11 is 0. The molecule has 2 aromatic rings. The van der Waals surface area contributed by atoms with Crippen LogP contribution in [-0.2, 0) is 7.05 Å². The second-order valence-corrected chi connectivity index (χ2v) is 5.89. The first-order valence-corrected chi connectivity index (χ1v) is 7.74. The number of hydrogen-bond donors (Lipinski definition) is 0. The number of aromatic nitrogens is 1. The van der Waals surface area contributed by atoms with Crippen LogP contribution in [0.1, 0.15) is 21.9 Å². The Hall–Kier alpha value is -2.50. The van der Waals surface area contributed by atoms with Crippen molar-refractivity contribution < 1.29 is 9.21 Å². The lowest BCUT2D eigenvalue weighted by Crippen LogP contribution is -2.49. The fraction of sp³-hybridized carbons (Fsp3) is 0.412. The van der Waals surface area contributed by atoms with Crippen molar-refractivity contribution in [3.8, 4) is 0 Å². The minimum Gasteiger partial charge on any atom is -0.466 e. The molecular weight excluding hydrogens is 294 g/mol. The lowest BCUT2D eigenvalue weighted by Gasteiger charge is -2.36. The average molecular weight is 315 g/mol. The van der Waals surface area contributed by atoms with Crippen LogP contribution in [0.25, 0.3) is 0 Å². The minimum atomic E-state index is -0.0227. The number of carbonyl (C=O) groups excluding carboxylic acids is 1. The molecule has 0 bridgehead atoms. The molecule has 0 atom stereocenters. The monoisotopic (exact) mass is 315 g/mol. The summed E-state index contributed by atoms with van der Waals surface area (Å²) in [5.41, 5.74) is 0.619. The Balaban J connectivity index is 1.71. The van der Waals surface area contributed by atoms with Crippen LogP contribution in [0.4, 0.5) is 5.82 Å². The first kappa shape index (κ1) is 15.4. The Morgan fingerprint density at radius 2 is 1.83 bits per heavy atom. The third-order valence-electron chi connectivity index (χ3n) is 4.32. The van der Waals surface area contributed by atoms with E-state index in [1.54, 1.807) is 29.8 Å². The highest BCUT2D eigenvalue weighted by Gasteiger charge is 2.25. The summed E-state index contributed by atoms with van der Waals surface area (Å²) in [6.07, 6.45) is 0. The lowest BCUT2D eigenvalue weighted by molar-refractivity contribution is 0.0744. The topological polar surface area (TPSA) is 58.7 Å². The van der Waals surface area contributed by atoms with Gasteiger partial charge in [-0.25, -0.2) is 0 Å². The Bertz CT molecular complexity index is 783. The van der Waals surface area contributed by atoms with Gasteiger partial charge in [-0.05, 0) is 26.0 Å². The van der Waals surface area contributed by atoms with Crippen LogP contribution >= 0.6 is 0 Å². The highest BCUT2D eigenvalue weighted by atomic mass is 16.3. The number of hydrogen-bond acceptors (Lipinski definition) is 4. The second-order valence-electron chi connectivity index (χ2n) is 5.89. The van der Waals surface area contributed by atoms with Crippen molar-refractivity contribution in [2.45, 2.75) is 13.8 Å². The second kappa shape index (κ2) is 5.95. The van der Waals surface area contributed by atoms with Crippen molar-refractivity contribution in [3.63, 3.8) is 0 Å². The quantitative estimate of drug-likeness (QED) is 0.844. The van der Waals surface area contributed by atoms with E-state index in [4.69, 9.17) is 4.42 Å². The van der Waals surface area contributed by atoms with Crippen LogP contribution in [0.3, 0.4) is 0 Å². The first-order chi connectivity index (χ1) is 11.0. The molecule has 0 aromatic carbocycles.